The number of rotatable bonds is 5. The minimum Gasteiger partial charge on any atom is -0.376 e. The van der Waals surface area contributed by atoms with Crippen LogP contribution in [0.25, 0.3) is 0 Å². The van der Waals surface area contributed by atoms with Crippen molar-refractivity contribution < 1.29 is 22.7 Å². The Morgan fingerprint density at radius 1 is 1.29 bits per heavy atom. The molecule has 4 N–H and O–H groups in total. The molecule has 3 atom stereocenters. The average Bonchev–Trinajstić information content (AvgIpc) is 3.49. The third-order valence-corrected chi connectivity index (χ3v) is 6.48. The Morgan fingerprint density at radius 2 is 2.03 bits per heavy atom. The molecule has 0 radical (unpaired) electrons. The number of fused-ring (bicyclic) bond motifs is 1. The molecule has 8 nitrogen and oxygen atoms in total. The monoisotopic (exact) mass is 510 g/mol. The van der Waals surface area contributed by atoms with Gasteiger partial charge in [0, 0.05) is 25.6 Å². The van der Waals surface area contributed by atoms with Crippen molar-refractivity contribution in [3.05, 3.63) is 47.2 Å². The maximum Gasteiger partial charge on any atom is 0.410 e. The number of hydrogen-bond donors (Lipinski definition) is 4. The molecule has 3 unspecified atom stereocenters. The molecular formula is C23H29F3N6O2S. The van der Waals surface area contributed by atoms with E-state index in [0.29, 0.717) is 19.1 Å². The number of nitrogens with zero attached hydrogens (tertiary/aromatic N) is 2. The lowest BCUT2D eigenvalue weighted by Gasteiger charge is -2.33. The number of hydrogen-bond acceptors (Lipinski definition) is 5. The van der Waals surface area contributed by atoms with Gasteiger partial charge in [0.25, 0.3) is 5.91 Å². The SMILES string of the molecule is CC(C)c1ccc(C2CC(C(F)(F)F)n3nc(C(=O)NNC(=S)NCC4CCCO4)cc3N2)cc1. The molecule has 2 aliphatic rings. The van der Waals surface area contributed by atoms with Gasteiger partial charge in [0.05, 0.1) is 12.1 Å². The smallest absolute Gasteiger partial charge is 0.376 e. The highest BCUT2D eigenvalue weighted by atomic mass is 32.1. The summed E-state index contributed by atoms with van der Waals surface area (Å²) in [6, 6.07) is 6.41. The molecule has 0 aliphatic carbocycles. The van der Waals surface area contributed by atoms with Crippen LogP contribution in [0.5, 0.6) is 0 Å². The van der Waals surface area contributed by atoms with E-state index in [1.54, 1.807) is 0 Å². The zero-order chi connectivity index (χ0) is 25.2. The molecule has 190 valence electrons. The van der Waals surface area contributed by atoms with Crippen LogP contribution < -0.4 is 21.5 Å². The Morgan fingerprint density at radius 3 is 2.66 bits per heavy atom. The molecule has 1 amide bonds. The van der Waals surface area contributed by atoms with Gasteiger partial charge >= 0.3 is 6.18 Å². The second kappa shape index (κ2) is 10.4. The van der Waals surface area contributed by atoms with Gasteiger partial charge in [-0.05, 0) is 42.1 Å². The molecule has 0 spiro atoms. The minimum absolute atomic E-state index is 0.0604. The summed E-state index contributed by atoms with van der Waals surface area (Å²) < 4.78 is 48.1. The lowest BCUT2D eigenvalue weighted by atomic mass is 9.94. The molecule has 1 fully saturated rings. The van der Waals surface area contributed by atoms with Gasteiger partial charge in [-0.15, -0.1) is 0 Å². The summed E-state index contributed by atoms with van der Waals surface area (Å²) in [5, 5.41) is 10.2. The van der Waals surface area contributed by atoms with Crippen molar-refractivity contribution in [3.63, 3.8) is 0 Å². The van der Waals surface area contributed by atoms with Crippen LogP contribution >= 0.6 is 12.2 Å². The highest BCUT2D eigenvalue weighted by molar-refractivity contribution is 7.80. The number of alkyl halides is 3. The van der Waals surface area contributed by atoms with Crippen LogP contribution in [0.3, 0.4) is 0 Å². The molecule has 0 bridgehead atoms. The van der Waals surface area contributed by atoms with E-state index in [1.165, 1.54) is 6.07 Å². The minimum atomic E-state index is -4.53. The number of nitrogens with one attached hydrogen (secondary N) is 4. The van der Waals surface area contributed by atoms with E-state index in [-0.39, 0.29) is 29.1 Å². The standard InChI is InChI=1S/C23H29F3N6O2S/c1-13(2)14-5-7-15(8-6-14)17-10-19(23(24,25)26)32-20(28-17)11-18(31-32)21(33)29-30-22(35)27-12-16-4-3-9-34-16/h5-8,11,13,16-17,19,28H,3-4,9-10,12H2,1-2H3,(H,29,33)(H2,27,30,35). The Labute approximate surface area is 206 Å². The fourth-order valence-electron chi connectivity index (χ4n) is 4.25. The fraction of sp³-hybridized carbons (Fsp3) is 0.522. The first-order valence-electron chi connectivity index (χ1n) is 11.6. The molecule has 0 saturated carbocycles. The zero-order valence-electron chi connectivity index (χ0n) is 19.5. The van der Waals surface area contributed by atoms with Gasteiger partial charge in [-0.25, -0.2) is 4.68 Å². The molecule has 2 aliphatic heterocycles. The molecule has 1 saturated heterocycles. The Balaban J connectivity index is 1.44. The number of halogens is 3. The number of carbonyl (C=O) groups is 1. The van der Waals surface area contributed by atoms with Crippen molar-refractivity contribution in [2.24, 2.45) is 0 Å². The molecule has 3 heterocycles. The first kappa shape index (κ1) is 25.2. The molecule has 4 rings (SSSR count). The van der Waals surface area contributed by atoms with Crippen LogP contribution in [0.1, 0.15) is 72.7 Å². The third kappa shape index (κ3) is 6.04. The fourth-order valence-corrected chi connectivity index (χ4v) is 4.38. The lowest BCUT2D eigenvalue weighted by molar-refractivity contribution is -0.173. The summed E-state index contributed by atoms with van der Waals surface area (Å²) >= 11 is 5.13. The zero-order valence-corrected chi connectivity index (χ0v) is 20.3. The van der Waals surface area contributed by atoms with Crippen molar-refractivity contribution >= 4 is 29.1 Å². The predicted octanol–water partition coefficient (Wildman–Crippen LogP) is 3.95. The quantitative estimate of drug-likeness (QED) is 0.358. The summed E-state index contributed by atoms with van der Waals surface area (Å²) in [5.74, 6) is -0.254. The number of aromatic nitrogens is 2. The van der Waals surface area contributed by atoms with Crippen LogP contribution in [0.15, 0.2) is 30.3 Å². The van der Waals surface area contributed by atoms with Crippen molar-refractivity contribution in [3.8, 4) is 0 Å². The van der Waals surface area contributed by atoms with Crippen LogP contribution in [0.4, 0.5) is 19.0 Å². The first-order valence-corrected chi connectivity index (χ1v) is 12.0. The van der Waals surface area contributed by atoms with Gasteiger partial charge < -0.3 is 15.4 Å². The second-order valence-electron chi connectivity index (χ2n) is 9.09. The van der Waals surface area contributed by atoms with Gasteiger partial charge in [-0.1, -0.05) is 38.1 Å². The van der Waals surface area contributed by atoms with Gasteiger partial charge in [-0.2, -0.15) is 18.3 Å². The molecule has 2 aromatic rings. The van der Waals surface area contributed by atoms with E-state index in [0.717, 1.165) is 28.7 Å². The topological polar surface area (TPSA) is 92.2 Å². The number of thiocarbonyl (C=S) groups is 1. The number of ether oxygens (including phenoxy) is 1. The Kier molecular flexibility index (Phi) is 7.50. The van der Waals surface area contributed by atoms with Crippen molar-refractivity contribution in [1.29, 1.82) is 0 Å². The second-order valence-corrected chi connectivity index (χ2v) is 9.50. The molecular weight excluding hydrogens is 481 g/mol. The van der Waals surface area contributed by atoms with Gasteiger partial charge in [0.2, 0.25) is 0 Å². The normalized spacial score (nSPS) is 21.8. The van der Waals surface area contributed by atoms with Crippen molar-refractivity contribution in [2.75, 3.05) is 18.5 Å². The van der Waals surface area contributed by atoms with E-state index in [9.17, 15) is 18.0 Å². The van der Waals surface area contributed by atoms with Gasteiger partial charge in [0.1, 0.15) is 5.82 Å². The molecule has 1 aromatic carbocycles. The van der Waals surface area contributed by atoms with Gasteiger partial charge in [-0.3, -0.25) is 15.6 Å². The van der Waals surface area contributed by atoms with Crippen LogP contribution in [0.2, 0.25) is 0 Å². The molecule has 12 heteroatoms. The first-order chi connectivity index (χ1) is 16.6. The lowest BCUT2D eigenvalue weighted by Crippen LogP contribution is -2.48. The highest BCUT2D eigenvalue weighted by Crippen LogP contribution is 2.43. The Hall–Kier alpha value is -2.86. The summed E-state index contributed by atoms with van der Waals surface area (Å²) in [6.45, 7) is 5.32. The van der Waals surface area contributed by atoms with E-state index >= 15 is 0 Å². The Bertz CT molecular complexity index is 1050. The number of anilines is 1. The number of benzene rings is 1. The summed E-state index contributed by atoms with van der Waals surface area (Å²) in [4.78, 5) is 12.6. The molecule has 35 heavy (non-hydrogen) atoms. The maximum absolute atomic E-state index is 13.9. The van der Waals surface area contributed by atoms with E-state index in [2.05, 4.69) is 40.4 Å². The summed E-state index contributed by atoms with van der Waals surface area (Å²) in [5.41, 5.74) is 6.62. The van der Waals surface area contributed by atoms with Crippen LogP contribution in [0, 0.1) is 0 Å². The van der Waals surface area contributed by atoms with Crippen LogP contribution in [-0.2, 0) is 4.74 Å². The van der Waals surface area contributed by atoms with E-state index in [4.69, 9.17) is 17.0 Å². The number of carbonyl (C=O) groups excluding carboxylic acids is 1. The van der Waals surface area contributed by atoms with Crippen LogP contribution in [-0.4, -0.2) is 46.2 Å². The number of hydrazine groups is 1. The van der Waals surface area contributed by atoms with Gasteiger partial charge in [0.15, 0.2) is 16.8 Å². The molecule has 1 aromatic heterocycles. The number of amides is 1. The third-order valence-electron chi connectivity index (χ3n) is 6.23. The van der Waals surface area contributed by atoms with Crippen molar-refractivity contribution in [1.82, 2.24) is 25.9 Å². The summed E-state index contributed by atoms with van der Waals surface area (Å²) in [7, 11) is 0. The maximum atomic E-state index is 13.9. The van der Waals surface area contributed by atoms with E-state index < -0.39 is 24.2 Å². The largest absolute Gasteiger partial charge is 0.410 e. The predicted molar refractivity (Wildman–Crippen MR) is 129 cm³/mol. The van der Waals surface area contributed by atoms with E-state index in [1.807, 2.05) is 24.3 Å². The highest BCUT2D eigenvalue weighted by Gasteiger charge is 2.46. The average molecular weight is 511 g/mol. The van der Waals surface area contributed by atoms with Crippen molar-refractivity contribution in [2.45, 2.75) is 63.4 Å². The summed E-state index contributed by atoms with van der Waals surface area (Å²) in [6.07, 6.45) is -2.79.